The van der Waals surface area contributed by atoms with Gasteiger partial charge in [-0.1, -0.05) is 24.8 Å². The fraction of sp³-hybridized carbons (Fsp3) is 0.500. The van der Waals surface area contributed by atoms with Gasteiger partial charge in [-0.15, -0.1) is 0 Å². The van der Waals surface area contributed by atoms with Crippen molar-refractivity contribution in [2.24, 2.45) is 0 Å². The van der Waals surface area contributed by atoms with E-state index in [1.807, 2.05) is 13.0 Å². The van der Waals surface area contributed by atoms with Crippen LogP contribution < -0.4 is 0 Å². The van der Waals surface area contributed by atoms with Gasteiger partial charge in [0, 0.05) is 25.2 Å². The zero-order valence-electron chi connectivity index (χ0n) is 11.4. The van der Waals surface area contributed by atoms with Crippen LogP contribution in [0, 0.1) is 0 Å². The highest BCUT2D eigenvalue weighted by Crippen LogP contribution is 2.02. The molecule has 0 saturated carbocycles. The van der Waals surface area contributed by atoms with Gasteiger partial charge in [0.15, 0.2) is 0 Å². The van der Waals surface area contributed by atoms with Gasteiger partial charge >= 0.3 is 0 Å². The minimum absolute atomic E-state index is 0.500. The molecule has 0 rings (SSSR count). The first-order valence-electron chi connectivity index (χ1n) is 5.80. The number of likely N-dealkylation sites (N-methyl/N-ethyl adjacent to an activating group) is 2. The summed E-state index contributed by atoms with van der Waals surface area (Å²) in [5.41, 5.74) is 1.69. The molecule has 0 aromatic heterocycles. The van der Waals surface area contributed by atoms with Crippen molar-refractivity contribution in [2.45, 2.75) is 6.92 Å². The van der Waals surface area contributed by atoms with E-state index < -0.39 is 0 Å². The Kier molecular flexibility index (Phi) is 8.28. The lowest BCUT2D eigenvalue weighted by Gasteiger charge is -2.19. The molecule has 0 aliphatic rings. The monoisotopic (exact) mass is 236 g/mol. The number of nitrogens with zero attached hydrogens (tertiary/aromatic N) is 2. The SMILES string of the molecule is C=C(C=O)/C=C\C(=C/C)CN(C)CCN(C)C. The van der Waals surface area contributed by atoms with Crippen LogP contribution in [0.5, 0.6) is 0 Å². The largest absolute Gasteiger partial charge is 0.308 e. The summed E-state index contributed by atoms with van der Waals surface area (Å²) >= 11 is 0. The average Bonchev–Trinajstić information content (AvgIpc) is 2.31. The van der Waals surface area contributed by atoms with Gasteiger partial charge in [0.2, 0.25) is 0 Å². The van der Waals surface area contributed by atoms with E-state index in [1.54, 1.807) is 6.08 Å². The Morgan fingerprint density at radius 1 is 1.18 bits per heavy atom. The molecule has 0 amide bonds. The summed E-state index contributed by atoms with van der Waals surface area (Å²) in [5, 5.41) is 0. The maximum atomic E-state index is 10.4. The minimum atomic E-state index is 0.500. The van der Waals surface area contributed by atoms with E-state index in [0.29, 0.717) is 5.57 Å². The van der Waals surface area contributed by atoms with E-state index in [2.05, 4.69) is 43.6 Å². The molecule has 0 aliphatic carbocycles. The zero-order valence-corrected chi connectivity index (χ0v) is 11.4. The molecule has 0 radical (unpaired) electrons. The summed E-state index contributed by atoms with van der Waals surface area (Å²) in [6.45, 7) is 8.56. The molecule has 0 aromatic rings. The second-order valence-corrected chi connectivity index (χ2v) is 4.43. The number of carbonyl (C=O) groups excluding carboxylic acids is 1. The Balaban J connectivity index is 4.18. The van der Waals surface area contributed by atoms with Crippen molar-refractivity contribution in [2.75, 3.05) is 40.8 Å². The van der Waals surface area contributed by atoms with Crippen molar-refractivity contribution in [3.05, 3.63) is 36.0 Å². The van der Waals surface area contributed by atoms with Gasteiger partial charge in [0.25, 0.3) is 0 Å². The standard InChI is InChI=1S/C14H24N2O/c1-6-14(8-7-13(2)12-17)11-16(5)10-9-15(3)4/h6-8,12H,2,9-11H2,1,3-5H3/b8-7-,14-6+. The molecule has 17 heavy (non-hydrogen) atoms. The van der Waals surface area contributed by atoms with Crippen LogP contribution in [0.2, 0.25) is 0 Å². The summed E-state index contributed by atoms with van der Waals surface area (Å²) < 4.78 is 0. The second kappa shape index (κ2) is 8.90. The van der Waals surface area contributed by atoms with Gasteiger partial charge in [-0.05, 0) is 33.6 Å². The molecular weight excluding hydrogens is 212 g/mol. The van der Waals surface area contributed by atoms with E-state index in [-0.39, 0.29) is 0 Å². The number of allylic oxidation sites excluding steroid dienone is 3. The van der Waals surface area contributed by atoms with Crippen LogP contribution in [0.4, 0.5) is 0 Å². The predicted molar refractivity (Wildman–Crippen MR) is 74.2 cm³/mol. The molecule has 0 unspecified atom stereocenters. The van der Waals surface area contributed by atoms with Gasteiger partial charge in [-0.3, -0.25) is 4.79 Å². The van der Waals surface area contributed by atoms with Gasteiger partial charge in [-0.25, -0.2) is 0 Å². The van der Waals surface area contributed by atoms with Crippen LogP contribution in [-0.2, 0) is 4.79 Å². The highest BCUT2D eigenvalue weighted by molar-refractivity contribution is 5.76. The molecule has 3 nitrogen and oxygen atoms in total. The lowest BCUT2D eigenvalue weighted by Crippen LogP contribution is -2.29. The lowest BCUT2D eigenvalue weighted by molar-refractivity contribution is -0.104. The lowest BCUT2D eigenvalue weighted by atomic mass is 10.2. The van der Waals surface area contributed by atoms with Crippen molar-refractivity contribution >= 4 is 6.29 Å². The molecule has 0 aliphatic heterocycles. The Labute approximate surface area is 105 Å². The fourth-order valence-corrected chi connectivity index (χ4v) is 1.26. The molecule has 0 atom stereocenters. The highest BCUT2D eigenvalue weighted by atomic mass is 16.1. The van der Waals surface area contributed by atoms with Gasteiger partial charge < -0.3 is 9.80 Å². The average molecular weight is 236 g/mol. The summed E-state index contributed by atoms with van der Waals surface area (Å²) in [6, 6.07) is 0. The Morgan fingerprint density at radius 3 is 2.29 bits per heavy atom. The van der Waals surface area contributed by atoms with E-state index in [9.17, 15) is 4.79 Å². The van der Waals surface area contributed by atoms with Crippen molar-refractivity contribution in [1.82, 2.24) is 9.80 Å². The van der Waals surface area contributed by atoms with E-state index in [0.717, 1.165) is 25.9 Å². The molecule has 0 spiro atoms. The Hall–Kier alpha value is -1.19. The number of aldehydes is 1. The third-order valence-electron chi connectivity index (χ3n) is 2.42. The third-order valence-corrected chi connectivity index (χ3v) is 2.42. The van der Waals surface area contributed by atoms with Gasteiger partial charge in [0.1, 0.15) is 6.29 Å². The van der Waals surface area contributed by atoms with Gasteiger partial charge in [-0.2, -0.15) is 0 Å². The molecule has 0 aromatic carbocycles. The number of hydrogen-bond donors (Lipinski definition) is 0. The number of hydrogen-bond acceptors (Lipinski definition) is 3. The first-order chi connectivity index (χ1) is 7.99. The van der Waals surface area contributed by atoms with Crippen molar-refractivity contribution < 1.29 is 4.79 Å². The Bertz CT molecular complexity index is 303. The van der Waals surface area contributed by atoms with E-state index in [4.69, 9.17) is 0 Å². The molecular formula is C14H24N2O. The summed E-state index contributed by atoms with van der Waals surface area (Å²) in [4.78, 5) is 14.8. The van der Waals surface area contributed by atoms with Crippen molar-refractivity contribution in [1.29, 1.82) is 0 Å². The highest BCUT2D eigenvalue weighted by Gasteiger charge is 2.00. The fourth-order valence-electron chi connectivity index (χ4n) is 1.26. The summed E-state index contributed by atoms with van der Waals surface area (Å²) in [5.74, 6) is 0. The summed E-state index contributed by atoms with van der Waals surface area (Å²) in [7, 11) is 6.23. The molecule has 0 N–H and O–H groups in total. The van der Waals surface area contributed by atoms with Crippen LogP contribution in [0.1, 0.15) is 6.92 Å². The third kappa shape index (κ3) is 8.60. The maximum Gasteiger partial charge on any atom is 0.149 e. The molecule has 0 heterocycles. The van der Waals surface area contributed by atoms with Crippen molar-refractivity contribution in [3.8, 4) is 0 Å². The van der Waals surface area contributed by atoms with Crippen molar-refractivity contribution in [3.63, 3.8) is 0 Å². The maximum absolute atomic E-state index is 10.4. The smallest absolute Gasteiger partial charge is 0.149 e. The predicted octanol–water partition coefficient (Wildman–Crippen LogP) is 1.74. The first kappa shape index (κ1) is 15.8. The zero-order chi connectivity index (χ0) is 13.3. The molecule has 0 fully saturated rings. The van der Waals surface area contributed by atoms with E-state index >= 15 is 0 Å². The molecule has 0 saturated heterocycles. The van der Waals surface area contributed by atoms with E-state index in [1.165, 1.54) is 5.57 Å². The van der Waals surface area contributed by atoms with Gasteiger partial charge in [0.05, 0.1) is 0 Å². The quantitative estimate of drug-likeness (QED) is 0.364. The molecule has 96 valence electrons. The summed E-state index contributed by atoms with van der Waals surface area (Å²) in [6.07, 6.45) is 6.52. The van der Waals surface area contributed by atoms with Crippen LogP contribution in [0.25, 0.3) is 0 Å². The normalized spacial score (nSPS) is 12.7. The van der Waals surface area contributed by atoms with Crippen LogP contribution in [-0.4, -0.2) is 56.9 Å². The second-order valence-electron chi connectivity index (χ2n) is 4.43. The topological polar surface area (TPSA) is 23.6 Å². The van der Waals surface area contributed by atoms with Crippen LogP contribution in [0.3, 0.4) is 0 Å². The van der Waals surface area contributed by atoms with Crippen LogP contribution >= 0.6 is 0 Å². The minimum Gasteiger partial charge on any atom is -0.308 e. The first-order valence-corrected chi connectivity index (χ1v) is 5.80. The number of rotatable bonds is 8. The molecule has 0 bridgehead atoms. The number of carbonyl (C=O) groups is 1. The molecule has 3 heteroatoms. The van der Waals surface area contributed by atoms with Crippen LogP contribution in [0.15, 0.2) is 36.0 Å². The Morgan fingerprint density at radius 2 is 1.82 bits per heavy atom.